The molecule has 0 aromatic heterocycles. The number of amides is 2. The summed E-state index contributed by atoms with van der Waals surface area (Å²) in [4.78, 5) is 54.4. The molecule has 0 saturated heterocycles. The maximum atomic E-state index is 14.0. The Hall–Kier alpha value is -4.72. The van der Waals surface area contributed by atoms with E-state index in [2.05, 4.69) is 10.6 Å². The molecular formula is C33H38N4O9. The molecule has 0 spiro atoms. The second-order valence-corrected chi connectivity index (χ2v) is 12.3. The number of hydrogen-bond donors (Lipinski definition) is 8. The highest BCUT2D eigenvalue weighted by molar-refractivity contribution is 6.24. The van der Waals surface area contributed by atoms with E-state index in [-0.39, 0.29) is 35.4 Å². The van der Waals surface area contributed by atoms with E-state index >= 15 is 0 Å². The maximum Gasteiger partial charge on any atom is 0.255 e. The molecule has 4 unspecified atom stereocenters. The topological polar surface area (TPSA) is 223 Å². The van der Waals surface area contributed by atoms with Crippen molar-refractivity contribution in [1.29, 1.82) is 0 Å². The van der Waals surface area contributed by atoms with Crippen LogP contribution < -0.4 is 16.4 Å². The number of nitrogens with one attached hydrogen (secondary N) is 2. The Balaban J connectivity index is 1.54. The summed E-state index contributed by atoms with van der Waals surface area (Å²) in [6, 6.07) is 7.16. The molecule has 3 aliphatic rings. The number of ketones is 2. The van der Waals surface area contributed by atoms with Gasteiger partial charge in [0, 0.05) is 11.5 Å². The van der Waals surface area contributed by atoms with Crippen molar-refractivity contribution in [1.82, 2.24) is 10.2 Å². The van der Waals surface area contributed by atoms with Gasteiger partial charge >= 0.3 is 0 Å². The SMILES string of the molecule is CCCCNC(C(=O)Nc1ccc2c(c1O)C(O)=C1C(=O)C3(O)C(O)=C(C(N)=O)C(=O)[C@@H](N(C)C)C3CC1C2)c1ccc(O)cc1. The van der Waals surface area contributed by atoms with Gasteiger partial charge in [-0.25, -0.2) is 0 Å². The molecule has 0 aliphatic heterocycles. The standard InChI is InChI=1S/C33H38N4O9/c1-4-5-12-35-24(15-6-9-18(38)10-7-15)32(45)36-20-11-8-16-13-17-14-19-25(37(2)3)28(41)23(31(34)44)30(43)33(19,46)29(42)22(17)27(40)21(16)26(20)39/h6-11,17,19,24-25,35,38-40,43,46H,4-5,12-14H2,1-3H3,(H2,34,44)(H,36,45)/t17?,19?,24?,25-,33?/m0/s1. The Morgan fingerprint density at radius 2 is 1.74 bits per heavy atom. The first-order chi connectivity index (χ1) is 21.7. The lowest BCUT2D eigenvalue weighted by Gasteiger charge is -2.50. The first kappa shape index (κ1) is 32.7. The Bertz CT molecular complexity index is 1680. The van der Waals surface area contributed by atoms with Gasteiger partial charge in [0.05, 0.1) is 17.3 Å². The van der Waals surface area contributed by atoms with Crippen molar-refractivity contribution in [2.24, 2.45) is 17.6 Å². The second-order valence-electron chi connectivity index (χ2n) is 12.3. The third-order valence-electron chi connectivity index (χ3n) is 9.22. The molecular weight excluding hydrogens is 596 g/mol. The highest BCUT2D eigenvalue weighted by Crippen LogP contribution is 2.53. The summed E-state index contributed by atoms with van der Waals surface area (Å²) in [5.74, 6) is -7.95. The number of nitrogens with zero attached hydrogens (tertiary/aromatic N) is 1. The predicted molar refractivity (Wildman–Crippen MR) is 167 cm³/mol. The van der Waals surface area contributed by atoms with Gasteiger partial charge in [-0.3, -0.25) is 24.1 Å². The highest BCUT2D eigenvalue weighted by Gasteiger charge is 2.64. The van der Waals surface area contributed by atoms with E-state index in [0.717, 1.165) is 12.8 Å². The Morgan fingerprint density at radius 1 is 1.07 bits per heavy atom. The molecule has 0 bridgehead atoms. The van der Waals surface area contributed by atoms with Crippen molar-refractivity contribution in [2.75, 3.05) is 26.0 Å². The fourth-order valence-corrected chi connectivity index (χ4v) is 6.98. The fraction of sp³-hybridized carbons (Fsp3) is 0.394. The second kappa shape index (κ2) is 12.2. The van der Waals surface area contributed by atoms with Gasteiger partial charge in [-0.2, -0.15) is 0 Å². The van der Waals surface area contributed by atoms with Crippen molar-refractivity contribution in [3.63, 3.8) is 0 Å². The zero-order valence-electron chi connectivity index (χ0n) is 25.7. The first-order valence-corrected chi connectivity index (χ1v) is 15.1. The predicted octanol–water partition coefficient (Wildman–Crippen LogP) is 1.74. The Labute approximate surface area is 265 Å². The van der Waals surface area contributed by atoms with Crippen molar-refractivity contribution >= 4 is 34.8 Å². The van der Waals surface area contributed by atoms with Crippen LogP contribution in [0.25, 0.3) is 5.76 Å². The number of hydrogen-bond acceptors (Lipinski definition) is 11. The number of likely N-dealkylation sites (N-methyl/N-ethyl adjacent to an activating group) is 1. The molecule has 5 atom stereocenters. The number of anilines is 1. The van der Waals surface area contributed by atoms with Gasteiger partial charge in [0.15, 0.2) is 11.4 Å². The van der Waals surface area contributed by atoms with Crippen LogP contribution >= 0.6 is 0 Å². The van der Waals surface area contributed by atoms with E-state index in [0.29, 0.717) is 17.7 Å². The summed E-state index contributed by atoms with van der Waals surface area (Å²) in [5, 5.41) is 61.2. The van der Waals surface area contributed by atoms with Crippen LogP contribution in [-0.4, -0.2) is 86.1 Å². The van der Waals surface area contributed by atoms with E-state index < -0.39 is 75.7 Å². The summed E-state index contributed by atoms with van der Waals surface area (Å²) in [7, 11) is 3.07. The summed E-state index contributed by atoms with van der Waals surface area (Å²) in [6.07, 6.45) is 1.79. The molecule has 9 N–H and O–H groups in total. The average Bonchev–Trinajstić information content (AvgIpc) is 2.99. The number of fused-ring (bicyclic) bond motifs is 3. The molecule has 46 heavy (non-hydrogen) atoms. The largest absolute Gasteiger partial charge is 0.508 e. The molecule has 2 aromatic rings. The van der Waals surface area contributed by atoms with E-state index in [1.807, 2.05) is 6.92 Å². The summed E-state index contributed by atoms with van der Waals surface area (Å²) >= 11 is 0. The van der Waals surface area contributed by atoms with Crippen LogP contribution in [-0.2, 0) is 25.6 Å². The molecule has 1 fully saturated rings. The number of unbranched alkanes of at least 4 members (excludes halogenated alkanes) is 1. The number of carbonyl (C=O) groups excluding carboxylic acids is 4. The quantitative estimate of drug-likeness (QED) is 0.113. The van der Waals surface area contributed by atoms with Gasteiger partial charge in [-0.15, -0.1) is 0 Å². The van der Waals surface area contributed by atoms with Gasteiger partial charge in [0.25, 0.3) is 5.91 Å². The minimum Gasteiger partial charge on any atom is -0.508 e. The Kier molecular flexibility index (Phi) is 8.69. The fourth-order valence-electron chi connectivity index (χ4n) is 6.98. The molecule has 2 amide bonds. The zero-order chi connectivity index (χ0) is 33.7. The molecule has 2 aromatic carbocycles. The van der Waals surface area contributed by atoms with Crippen LogP contribution in [0.1, 0.15) is 48.9 Å². The van der Waals surface area contributed by atoms with Crippen LogP contribution in [0.4, 0.5) is 5.69 Å². The molecule has 0 heterocycles. The summed E-state index contributed by atoms with van der Waals surface area (Å²) in [6.45, 7) is 2.53. The lowest BCUT2D eigenvalue weighted by Crippen LogP contribution is -2.65. The molecule has 13 heteroatoms. The molecule has 3 aliphatic carbocycles. The van der Waals surface area contributed by atoms with Gasteiger partial charge in [-0.1, -0.05) is 31.5 Å². The van der Waals surface area contributed by atoms with Gasteiger partial charge in [0.2, 0.25) is 11.7 Å². The number of aliphatic hydroxyl groups excluding tert-OH is 2. The van der Waals surface area contributed by atoms with Crippen molar-refractivity contribution in [3.8, 4) is 11.5 Å². The van der Waals surface area contributed by atoms with Crippen molar-refractivity contribution < 1.29 is 44.7 Å². The smallest absolute Gasteiger partial charge is 0.255 e. The molecule has 0 radical (unpaired) electrons. The summed E-state index contributed by atoms with van der Waals surface area (Å²) < 4.78 is 0. The highest BCUT2D eigenvalue weighted by atomic mass is 16.3. The van der Waals surface area contributed by atoms with Crippen LogP contribution in [0, 0.1) is 11.8 Å². The molecule has 244 valence electrons. The van der Waals surface area contributed by atoms with E-state index in [9.17, 15) is 44.7 Å². The van der Waals surface area contributed by atoms with Crippen LogP contribution in [0.15, 0.2) is 53.3 Å². The normalized spacial score (nSPS) is 24.8. The number of phenolic OH excluding ortho intramolecular Hbond substituents is 2. The monoisotopic (exact) mass is 634 g/mol. The minimum absolute atomic E-state index is 0.0250. The maximum absolute atomic E-state index is 14.0. The van der Waals surface area contributed by atoms with Crippen LogP contribution in [0.5, 0.6) is 11.5 Å². The lowest BCUT2D eigenvalue weighted by atomic mass is 9.57. The van der Waals surface area contributed by atoms with E-state index in [4.69, 9.17) is 5.73 Å². The third-order valence-corrected chi connectivity index (χ3v) is 9.22. The zero-order valence-corrected chi connectivity index (χ0v) is 25.7. The van der Waals surface area contributed by atoms with Gasteiger partial charge < -0.3 is 41.9 Å². The third kappa shape index (κ3) is 5.19. The number of Topliss-reactive ketones (excluding diaryl/α,β-unsaturated/α-hetero) is 2. The van der Waals surface area contributed by atoms with Gasteiger partial charge in [0.1, 0.15) is 34.6 Å². The number of rotatable bonds is 9. The lowest BCUT2D eigenvalue weighted by molar-refractivity contribution is -0.153. The number of nitrogens with two attached hydrogens (primary N) is 1. The molecule has 1 saturated carbocycles. The van der Waals surface area contributed by atoms with Crippen molar-refractivity contribution in [3.05, 3.63) is 70.0 Å². The van der Waals surface area contributed by atoms with Crippen LogP contribution in [0.2, 0.25) is 0 Å². The number of benzene rings is 2. The minimum atomic E-state index is -2.74. The number of phenols is 2. The van der Waals surface area contributed by atoms with E-state index in [1.165, 1.54) is 37.2 Å². The first-order valence-electron chi connectivity index (χ1n) is 15.1. The van der Waals surface area contributed by atoms with Gasteiger partial charge in [-0.05, 0) is 75.1 Å². The summed E-state index contributed by atoms with van der Waals surface area (Å²) in [5.41, 5.74) is 2.30. The number of aromatic hydroxyl groups is 2. The van der Waals surface area contributed by atoms with Crippen LogP contribution in [0.3, 0.4) is 0 Å². The number of primary amides is 1. The average molecular weight is 635 g/mol. The van der Waals surface area contributed by atoms with E-state index in [1.54, 1.807) is 18.2 Å². The Morgan fingerprint density at radius 3 is 2.35 bits per heavy atom. The molecule has 5 rings (SSSR count). The number of carbonyl (C=O) groups is 4. The molecule has 13 nitrogen and oxygen atoms in total. The number of aliphatic hydroxyl groups is 3. The van der Waals surface area contributed by atoms with Crippen molar-refractivity contribution in [2.45, 2.75) is 50.3 Å².